The van der Waals surface area contributed by atoms with Crippen LogP contribution >= 0.6 is 0 Å². The van der Waals surface area contributed by atoms with Crippen molar-refractivity contribution in [3.8, 4) is 5.75 Å². The zero-order valence-corrected chi connectivity index (χ0v) is 31.5. The largest absolute Gasteiger partial charge is 0.490 e. The van der Waals surface area contributed by atoms with Crippen LogP contribution in [0.25, 0.3) is 0 Å². The van der Waals surface area contributed by atoms with Crippen LogP contribution in [0.2, 0.25) is 0 Å². The summed E-state index contributed by atoms with van der Waals surface area (Å²) in [4.78, 5) is 69.6. The van der Waals surface area contributed by atoms with Crippen LogP contribution in [0.5, 0.6) is 5.75 Å². The highest BCUT2D eigenvalue weighted by atomic mass is 16.5. The van der Waals surface area contributed by atoms with Crippen molar-refractivity contribution in [3.05, 3.63) is 101 Å². The molecule has 0 saturated carbocycles. The lowest BCUT2D eigenvalue weighted by Crippen LogP contribution is -2.72. The van der Waals surface area contributed by atoms with Crippen LogP contribution in [0.1, 0.15) is 65.5 Å². The summed E-state index contributed by atoms with van der Waals surface area (Å²) >= 11 is 0. The van der Waals surface area contributed by atoms with E-state index >= 15 is 0 Å². The van der Waals surface area contributed by atoms with Gasteiger partial charge in [0, 0.05) is 87.6 Å². The molecule has 3 aromatic carbocycles. The van der Waals surface area contributed by atoms with Gasteiger partial charge in [-0.05, 0) is 72.2 Å². The molecule has 2 aliphatic rings. The molecule has 1 unspecified atom stereocenters. The molecule has 1 spiro atoms. The number of amides is 2. The second-order valence-corrected chi connectivity index (χ2v) is 14.5. The fourth-order valence-electron chi connectivity index (χ4n) is 7.04. The van der Waals surface area contributed by atoms with E-state index in [4.69, 9.17) is 10.1 Å². The summed E-state index contributed by atoms with van der Waals surface area (Å²) in [6, 6.07) is 21.2. The van der Waals surface area contributed by atoms with Crippen LogP contribution in [0, 0.1) is 10.8 Å². The third kappa shape index (κ3) is 8.65. The van der Waals surface area contributed by atoms with Gasteiger partial charge in [0.15, 0.2) is 17.9 Å². The van der Waals surface area contributed by atoms with Crippen molar-refractivity contribution < 1.29 is 28.7 Å². The van der Waals surface area contributed by atoms with E-state index in [0.717, 1.165) is 49.5 Å². The lowest BCUT2D eigenvalue weighted by Gasteiger charge is -2.61. The number of nitrogens with one attached hydrogen (secondary N) is 2. The van der Waals surface area contributed by atoms with E-state index in [9.17, 15) is 24.0 Å². The van der Waals surface area contributed by atoms with Gasteiger partial charge in [-0.25, -0.2) is 4.99 Å². The van der Waals surface area contributed by atoms with Crippen LogP contribution in [-0.4, -0.2) is 100 Å². The lowest BCUT2D eigenvalue weighted by atomic mass is 9.72. The Balaban J connectivity index is 1.15. The van der Waals surface area contributed by atoms with Crippen molar-refractivity contribution in [2.75, 3.05) is 56.7 Å². The average Bonchev–Trinajstić information content (AvgIpc) is 3.14. The summed E-state index contributed by atoms with van der Waals surface area (Å²) < 4.78 is 5.79. The molecule has 0 bridgehead atoms. The number of ketones is 1. The monoisotopic (exact) mass is 732 g/mol. The molecule has 12 heteroatoms. The highest BCUT2D eigenvalue weighted by molar-refractivity contribution is 6.38. The number of rotatable bonds is 16. The van der Waals surface area contributed by atoms with Gasteiger partial charge in [-0.2, -0.15) is 0 Å². The number of carbonyl (C=O) groups excluding carboxylic acids is 5. The van der Waals surface area contributed by atoms with Gasteiger partial charge >= 0.3 is 0 Å². The number of aliphatic imine (C=N–C) groups is 1. The van der Waals surface area contributed by atoms with E-state index < -0.39 is 11.9 Å². The standard InChI is InChI=1S/C42H48N6O6/c1-29(51)38(43)45-20-6-7-22-54-35-18-13-32(14-19-35)41(2,3)31-11-16-33(17-12-31)47-25-42(26-47)27-48(28-42)34-15-10-30(24-50)36(23-34)40(53)46(5)37(9-8-21-49)39(52)44-4/h6-7,10-21,23-24,37,43H,8-9,22,25-28H2,1-5H3,(H,44,52)/b7-6+,43-38?,45-20-. The predicted octanol–water partition coefficient (Wildman–Crippen LogP) is 4.89. The number of allylic oxidation sites excluding steroid dienone is 1. The molecule has 0 aliphatic carbocycles. The SMILES string of the molecule is CNC(=O)C(CCC=O)N(C)C(=O)c1cc(N2CC3(CN(c4ccc(C(C)(C)c5ccc(OC/C=C/C=N\C(=N)C(C)=O)cc5)cc4)C3)C2)ccc1C=O. The number of likely N-dealkylation sites (N-methyl/N-ethyl adjacent to an activating group) is 2. The average molecular weight is 733 g/mol. The Morgan fingerprint density at radius 3 is 2.13 bits per heavy atom. The number of benzene rings is 3. The van der Waals surface area contributed by atoms with E-state index in [1.54, 1.807) is 24.3 Å². The highest BCUT2D eigenvalue weighted by Crippen LogP contribution is 2.44. The molecule has 0 radical (unpaired) electrons. The second-order valence-electron chi connectivity index (χ2n) is 14.5. The number of aldehydes is 2. The van der Waals surface area contributed by atoms with E-state index in [1.165, 1.54) is 43.4 Å². The van der Waals surface area contributed by atoms with Crippen molar-refractivity contribution >= 4 is 53.6 Å². The van der Waals surface area contributed by atoms with Gasteiger partial charge in [0.25, 0.3) is 5.91 Å². The number of anilines is 2. The van der Waals surface area contributed by atoms with Gasteiger partial charge in [-0.15, -0.1) is 0 Å². The fraction of sp³-hybridized carbons (Fsp3) is 0.357. The van der Waals surface area contributed by atoms with Gasteiger partial charge in [0.1, 0.15) is 24.7 Å². The predicted molar refractivity (Wildman–Crippen MR) is 210 cm³/mol. The zero-order chi connectivity index (χ0) is 39.0. The Hall–Kier alpha value is -5.91. The van der Waals surface area contributed by atoms with Crippen LogP contribution in [0.4, 0.5) is 11.4 Å². The molecule has 12 nitrogen and oxygen atoms in total. The van der Waals surface area contributed by atoms with E-state index in [0.29, 0.717) is 12.9 Å². The second kappa shape index (κ2) is 16.8. The van der Waals surface area contributed by atoms with E-state index in [-0.39, 0.29) is 52.3 Å². The number of ether oxygens (including phenoxy) is 1. The first-order valence-electron chi connectivity index (χ1n) is 18.0. The summed E-state index contributed by atoms with van der Waals surface area (Å²) in [6.45, 7) is 9.54. The molecule has 3 aromatic rings. The molecule has 54 heavy (non-hydrogen) atoms. The topological polar surface area (TPSA) is 153 Å². The number of nitrogens with zero attached hydrogens (tertiary/aromatic N) is 4. The van der Waals surface area contributed by atoms with Crippen molar-refractivity contribution in [1.29, 1.82) is 5.41 Å². The maximum Gasteiger partial charge on any atom is 0.255 e. The van der Waals surface area contributed by atoms with Crippen LogP contribution in [0.3, 0.4) is 0 Å². The molecule has 2 N–H and O–H groups in total. The molecule has 2 heterocycles. The third-order valence-electron chi connectivity index (χ3n) is 10.4. The Labute approximate surface area is 316 Å². The molecule has 282 valence electrons. The molecule has 2 fully saturated rings. The fourth-order valence-corrected chi connectivity index (χ4v) is 7.04. The molecule has 2 amide bonds. The van der Waals surface area contributed by atoms with Crippen molar-refractivity contribution in [3.63, 3.8) is 0 Å². The Morgan fingerprint density at radius 2 is 1.56 bits per heavy atom. The minimum atomic E-state index is -0.831. The number of hydrogen-bond donors (Lipinski definition) is 2. The maximum absolute atomic E-state index is 13.5. The molecule has 2 aliphatic heterocycles. The quantitative estimate of drug-likeness (QED) is 0.120. The first-order chi connectivity index (χ1) is 25.8. The van der Waals surface area contributed by atoms with Crippen molar-refractivity contribution in [1.82, 2.24) is 10.2 Å². The van der Waals surface area contributed by atoms with Gasteiger partial charge in [-0.3, -0.25) is 24.6 Å². The Morgan fingerprint density at radius 1 is 0.963 bits per heavy atom. The van der Waals surface area contributed by atoms with Crippen LogP contribution < -0.4 is 19.9 Å². The first-order valence-corrected chi connectivity index (χ1v) is 18.0. The molecular weight excluding hydrogens is 684 g/mol. The number of carbonyl (C=O) groups is 5. The van der Waals surface area contributed by atoms with Gasteiger partial charge in [0.05, 0.1) is 5.56 Å². The molecule has 0 aromatic heterocycles. The lowest BCUT2D eigenvalue weighted by molar-refractivity contribution is -0.125. The summed E-state index contributed by atoms with van der Waals surface area (Å²) in [5, 5.41) is 9.96. The smallest absolute Gasteiger partial charge is 0.255 e. The first kappa shape index (κ1) is 39.3. The van der Waals surface area contributed by atoms with Crippen LogP contribution in [0.15, 0.2) is 83.9 Å². The Kier molecular flexibility index (Phi) is 12.3. The van der Waals surface area contributed by atoms with E-state index in [2.05, 4.69) is 70.4 Å². The number of Topliss-reactive ketones (excluding diaryl/α,β-unsaturated/α-hetero) is 1. The molecule has 1 atom stereocenters. The summed E-state index contributed by atoms with van der Waals surface area (Å²) in [5.74, 6) is -0.744. The molecule has 5 rings (SSSR count). The summed E-state index contributed by atoms with van der Waals surface area (Å²) in [6.07, 6.45) is 6.51. The Bertz CT molecular complexity index is 1940. The summed E-state index contributed by atoms with van der Waals surface area (Å²) in [5.41, 5.74) is 4.78. The highest BCUT2D eigenvalue weighted by Gasteiger charge is 2.52. The van der Waals surface area contributed by atoms with E-state index in [1.807, 2.05) is 18.2 Å². The van der Waals surface area contributed by atoms with Gasteiger partial charge in [-0.1, -0.05) is 38.1 Å². The minimum absolute atomic E-state index is 0.134. The van der Waals surface area contributed by atoms with Gasteiger partial charge < -0.3 is 29.5 Å². The molecule has 2 saturated heterocycles. The normalized spacial score (nSPS) is 15.4. The minimum Gasteiger partial charge on any atom is -0.490 e. The van der Waals surface area contributed by atoms with Crippen molar-refractivity contribution in [2.24, 2.45) is 10.4 Å². The zero-order valence-electron chi connectivity index (χ0n) is 31.5. The third-order valence-corrected chi connectivity index (χ3v) is 10.4. The van der Waals surface area contributed by atoms with Crippen LogP contribution in [-0.2, 0) is 19.8 Å². The summed E-state index contributed by atoms with van der Waals surface area (Å²) in [7, 11) is 3.01. The number of hydrogen-bond acceptors (Lipinski definition) is 9. The van der Waals surface area contributed by atoms with Gasteiger partial charge in [0.2, 0.25) is 5.91 Å². The maximum atomic E-state index is 13.5. The number of amidine groups is 1. The molecular formula is C42H48N6O6. The van der Waals surface area contributed by atoms with Crippen molar-refractivity contribution in [2.45, 2.75) is 45.1 Å².